The first kappa shape index (κ1) is 19.4. The third-order valence-corrected chi connectivity index (χ3v) is 4.18. The van der Waals surface area contributed by atoms with E-state index in [4.69, 9.17) is 9.84 Å². The van der Waals surface area contributed by atoms with Crippen LogP contribution in [-0.2, 0) is 17.7 Å². The Hall–Kier alpha value is -3.36. The topological polar surface area (TPSA) is 114 Å². The fourth-order valence-electron chi connectivity index (χ4n) is 2.85. The van der Waals surface area contributed by atoms with Gasteiger partial charge in [0.1, 0.15) is 11.9 Å². The van der Waals surface area contributed by atoms with Crippen LogP contribution in [0.3, 0.4) is 0 Å². The molecule has 0 saturated carbocycles. The summed E-state index contributed by atoms with van der Waals surface area (Å²) in [5.74, 6) is -0.136. The van der Waals surface area contributed by atoms with Gasteiger partial charge in [-0.25, -0.2) is 19.1 Å². The summed E-state index contributed by atoms with van der Waals surface area (Å²) in [7, 11) is 0. The van der Waals surface area contributed by atoms with Gasteiger partial charge in [-0.05, 0) is 50.5 Å². The van der Waals surface area contributed by atoms with Gasteiger partial charge in [0.15, 0.2) is 5.82 Å². The van der Waals surface area contributed by atoms with E-state index in [0.29, 0.717) is 25.1 Å². The molecule has 2 N–H and O–H groups in total. The Balaban J connectivity index is 1.68. The Labute approximate surface area is 161 Å². The van der Waals surface area contributed by atoms with Gasteiger partial charge in [-0.1, -0.05) is 6.07 Å². The van der Waals surface area contributed by atoms with E-state index in [1.165, 1.54) is 17.4 Å². The number of carboxylic acid groups (broad SMARTS) is 1. The summed E-state index contributed by atoms with van der Waals surface area (Å²) in [5, 5.41) is 11.7. The highest BCUT2D eigenvalue weighted by Crippen LogP contribution is 2.21. The predicted molar refractivity (Wildman–Crippen MR) is 100 cm³/mol. The van der Waals surface area contributed by atoms with Crippen LogP contribution in [0.15, 0.2) is 30.7 Å². The summed E-state index contributed by atoms with van der Waals surface area (Å²) in [6, 6.07) is 5.16. The second-order valence-corrected chi connectivity index (χ2v) is 7.54. The largest absolute Gasteiger partial charge is 0.465 e. The van der Waals surface area contributed by atoms with Crippen molar-refractivity contribution in [3.63, 3.8) is 0 Å². The van der Waals surface area contributed by atoms with E-state index in [1.54, 1.807) is 39.0 Å². The molecule has 2 heterocycles. The molecule has 0 unspecified atom stereocenters. The number of aromatic nitrogens is 2. The van der Waals surface area contributed by atoms with Crippen molar-refractivity contribution >= 4 is 23.9 Å². The first-order valence-corrected chi connectivity index (χ1v) is 8.81. The van der Waals surface area contributed by atoms with E-state index in [-0.39, 0.29) is 11.7 Å². The smallest absolute Gasteiger partial charge is 0.419 e. The summed E-state index contributed by atoms with van der Waals surface area (Å²) in [6.45, 7) is 5.99. The number of imidazole rings is 1. The molecule has 2 aromatic rings. The summed E-state index contributed by atoms with van der Waals surface area (Å²) < 4.78 is 6.40. The van der Waals surface area contributed by atoms with E-state index >= 15 is 0 Å². The molecular weight excluding hydrogens is 364 g/mol. The molecule has 28 heavy (non-hydrogen) atoms. The fourth-order valence-corrected chi connectivity index (χ4v) is 2.85. The molecule has 0 radical (unpaired) electrons. The second kappa shape index (κ2) is 7.34. The molecule has 1 aromatic carbocycles. The molecule has 9 nitrogen and oxygen atoms in total. The van der Waals surface area contributed by atoms with Crippen LogP contribution in [0.1, 0.15) is 42.3 Å². The Morgan fingerprint density at radius 2 is 1.96 bits per heavy atom. The number of hydrogen-bond acceptors (Lipinski definition) is 5. The van der Waals surface area contributed by atoms with Crippen LogP contribution in [0.2, 0.25) is 0 Å². The van der Waals surface area contributed by atoms with Crippen molar-refractivity contribution in [2.75, 3.05) is 11.9 Å². The number of nitrogens with one attached hydrogen (secondary N) is 1. The van der Waals surface area contributed by atoms with Crippen molar-refractivity contribution in [3.8, 4) is 0 Å². The van der Waals surface area contributed by atoms with Crippen LogP contribution in [0.4, 0.5) is 15.4 Å². The van der Waals surface area contributed by atoms with Gasteiger partial charge in [0.25, 0.3) is 5.91 Å². The van der Waals surface area contributed by atoms with Gasteiger partial charge < -0.3 is 20.1 Å². The van der Waals surface area contributed by atoms with Gasteiger partial charge in [-0.15, -0.1) is 0 Å². The molecule has 1 aliphatic rings. The lowest BCUT2D eigenvalue weighted by molar-refractivity contribution is 0.0536. The Bertz CT molecular complexity index is 929. The summed E-state index contributed by atoms with van der Waals surface area (Å²) >= 11 is 0. The van der Waals surface area contributed by atoms with E-state index in [2.05, 4.69) is 10.3 Å². The number of amides is 2. The summed E-state index contributed by atoms with van der Waals surface area (Å²) in [4.78, 5) is 40.9. The highest BCUT2D eigenvalue weighted by atomic mass is 16.6. The zero-order valence-electron chi connectivity index (χ0n) is 15.9. The van der Waals surface area contributed by atoms with Crippen LogP contribution < -0.4 is 5.32 Å². The van der Waals surface area contributed by atoms with Gasteiger partial charge in [-0.2, -0.15) is 0 Å². The summed E-state index contributed by atoms with van der Waals surface area (Å²) in [6.07, 6.45) is 1.67. The maximum absolute atomic E-state index is 12.5. The highest BCUT2D eigenvalue weighted by molar-refractivity contribution is 6.04. The monoisotopic (exact) mass is 386 g/mol. The van der Waals surface area contributed by atoms with Crippen molar-refractivity contribution in [2.45, 2.75) is 39.3 Å². The number of fused-ring (bicyclic) bond motifs is 1. The van der Waals surface area contributed by atoms with Crippen LogP contribution in [0, 0.1) is 0 Å². The average Bonchev–Trinajstić information content (AvgIpc) is 3.08. The number of anilines is 1. The van der Waals surface area contributed by atoms with Crippen molar-refractivity contribution in [2.24, 2.45) is 0 Å². The van der Waals surface area contributed by atoms with Gasteiger partial charge in [0.2, 0.25) is 0 Å². The van der Waals surface area contributed by atoms with Gasteiger partial charge in [-0.3, -0.25) is 4.79 Å². The molecule has 9 heteroatoms. The minimum Gasteiger partial charge on any atom is -0.465 e. The molecule has 0 bridgehead atoms. The molecule has 148 valence electrons. The molecule has 0 atom stereocenters. The van der Waals surface area contributed by atoms with Crippen LogP contribution in [-0.4, -0.2) is 49.8 Å². The molecule has 1 aliphatic heterocycles. The number of carbonyl (C=O) groups excluding carboxylic acids is 2. The summed E-state index contributed by atoms with van der Waals surface area (Å²) in [5.41, 5.74) is 1.64. The maximum Gasteiger partial charge on any atom is 0.419 e. The second-order valence-electron chi connectivity index (χ2n) is 7.54. The van der Waals surface area contributed by atoms with Crippen molar-refractivity contribution in [1.29, 1.82) is 0 Å². The molecule has 0 fully saturated rings. The normalized spacial score (nSPS) is 13.6. The Morgan fingerprint density at radius 1 is 1.21 bits per heavy atom. The Morgan fingerprint density at radius 3 is 2.64 bits per heavy atom. The molecule has 1 aromatic heterocycles. The number of rotatable bonds is 2. The minimum absolute atomic E-state index is 0.227. The van der Waals surface area contributed by atoms with E-state index in [9.17, 15) is 14.4 Å². The van der Waals surface area contributed by atoms with Crippen LogP contribution >= 0.6 is 0 Å². The number of benzene rings is 1. The molecule has 2 amide bonds. The fraction of sp³-hybridized carbons (Fsp3) is 0.368. The number of ether oxygens (including phenoxy) is 1. The van der Waals surface area contributed by atoms with Crippen molar-refractivity contribution < 1.29 is 24.2 Å². The van der Waals surface area contributed by atoms with E-state index in [1.807, 2.05) is 0 Å². The zero-order chi connectivity index (χ0) is 20.5. The molecule has 3 rings (SSSR count). The quantitative estimate of drug-likeness (QED) is 0.820. The standard InChI is InChI=1S/C19H22N4O5/c1-19(2,3)28-18(27)23-10-15(20-11-23)21-16(24)13-4-5-14-9-22(17(25)26)7-6-12(14)8-13/h4-5,8,10-11H,6-7,9H2,1-3H3,(H,21,24)(H,25,26). The highest BCUT2D eigenvalue weighted by Gasteiger charge is 2.22. The number of carbonyl (C=O) groups is 3. The van der Waals surface area contributed by atoms with Crippen LogP contribution in [0.25, 0.3) is 0 Å². The third kappa shape index (κ3) is 4.48. The molecule has 0 spiro atoms. The lowest BCUT2D eigenvalue weighted by Crippen LogP contribution is -2.34. The number of nitrogens with zero attached hydrogens (tertiary/aromatic N) is 3. The molecule has 0 saturated heterocycles. The van der Waals surface area contributed by atoms with Gasteiger partial charge in [0.05, 0.1) is 6.20 Å². The van der Waals surface area contributed by atoms with E-state index in [0.717, 1.165) is 15.7 Å². The van der Waals surface area contributed by atoms with Crippen molar-refractivity contribution in [3.05, 3.63) is 47.4 Å². The van der Waals surface area contributed by atoms with E-state index < -0.39 is 17.8 Å². The molecular formula is C19H22N4O5. The maximum atomic E-state index is 12.5. The Kier molecular flexibility index (Phi) is 5.08. The van der Waals surface area contributed by atoms with Crippen LogP contribution in [0.5, 0.6) is 0 Å². The van der Waals surface area contributed by atoms with Crippen molar-refractivity contribution in [1.82, 2.24) is 14.5 Å². The zero-order valence-corrected chi connectivity index (χ0v) is 15.9. The van der Waals surface area contributed by atoms with Gasteiger partial charge in [0, 0.05) is 18.7 Å². The predicted octanol–water partition coefficient (Wildman–Crippen LogP) is 2.95. The lowest BCUT2D eigenvalue weighted by Gasteiger charge is -2.26. The SMILES string of the molecule is CC(C)(C)OC(=O)n1cnc(NC(=O)c2ccc3c(c2)CCN(C(=O)O)C3)c1. The van der Waals surface area contributed by atoms with Gasteiger partial charge >= 0.3 is 12.2 Å². The minimum atomic E-state index is -0.951. The third-order valence-electron chi connectivity index (χ3n) is 4.18. The average molecular weight is 386 g/mol. The first-order chi connectivity index (χ1) is 13.1. The molecule has 0 aliphatic carbocycles. The first-order valence-electron chi connectivity index (χ1n) is 8.81. The number of hydrogen-bond donors (Lipinski definition) is 2. The lowest BCUT2D eigenvalue weighted by atomic mass is 9.97.